The summed E-state index contributed by atoms with van der Waals surface area (Å²) in [7, 11) is 1.71. The number of hydrogen-bond acceptors (Lipinski definition) is 2. The summed E-state index contributed by atoms with van der Waals surface area (Å²) < 4.78 is 11.3. The summed E-state index contributed by atoms with van der Waals surface area (Å²) in [6.07, 6.45) is 4.35. The lowest BCUT2D eigenvalue weighted by Gasteiger charge is -2.46. The maximum absolute atomic E-state index is 6.04. The smallest absolute Gasteiger partial charge is 0.118 e. The fourth-order valence-electron chi connectivity index (χ4n) is 3.46. The molecule has 3 N–H and O–H groups in total. The normalized spacial score (nSPS) is 30.2. The van der Waals surface area contributed by atoms with Gasteiger partial charge in [0.25, 0.3) is 0 Å². The zero-order valence-corrected chi connectivity index (χ0v) is 13.1. The first kappa shape index (κ1) is 15.3. The third kappa shape index (κ3) is 2.99. The van der Waals surface area contributed by atoms with E-state index in [4.69, 9.17) is 9.47 Å². The van der Waals surface area contributed by atoms with Gasteiger partial charge in [-0.2, -0.15) is 0 Å². The van der Waals surface area contributed by atoms with Gasteiger partial charge in [0.15, 0.2) is 0 Å². The molecule has 0 amide bonds. The van der Waals surface area contributed by atoms with Crippen LogP contribution in [0.2, 0.25) is 0 Å². The lowest BCUT2D eigenvalue weighted by atomic mass is 9.66. The van der Waals surface area contributed by atoms with E-state index in [1.54, 1.807) is 7.11 Å². The molecule has 0 unspecified atom stereocenters. The fourth-order valence-corrected chi connectivity index (χ4v) is 3.46. The zero-order valence-electron chi connectivity index (χ0n) is 13.1. The van der Waals surface area contributed by atoms with E-state index in [9.17, 15) is 0 Å². The van der Waals surface area contributed by atoms with E-state index in [-0.39, 0.29) is 11.0 Å². The molecular weight excluding hydrogens is 250 g/mol. The molecule has 3 nitrogen and oxygen atoms in total. The van der Waals surface area contributed by atoms with Crippen LogP contribution >= 0.6 is 0 Å². The Hall–Kier alpha value is -1.06. The van der Waals surface area contributed by atoms with Gasteiger partial charge in [0, 0.05) is 18.4 Å². The number of benzene rings is 1. The van der Waals surface area contributed by atoms with E-state index in [0.717, 1.165) is 44.6 Å². The second-order valence-corrected chi connectivity index (χ2v) is 6.19. The van der Waals surface area contributed by atoms with Crippen LogP contribution in [0.5, 0.6) is 5.75 Å². The molecule has 1 aromatic carbocycles. The Morgan fingerprint density at radius 1 is 1.30 bits per heavy atom. The van der Waals surface area contributed by atoms with Gasteiger partial charge in [-0.15, -0.1) is 0 Å². The first-order chi connectivity index (χ1) is 9.57. The topological polar surface area (TPSA) is 46.1 Å². The highest BCUT2D eigenvalue weighted by Gasteiger charge is 2.43. The highest BCUT2D eigenvalue weighted by Crippen LogP contribution is 2.45. The minimum absolute atomic E-state index is 0.00660. The molecule has 1 saturated heterocycles. The van der Waals surface area contributed by atoms with Crippen molar-refractivity contribution in [1.82, 2.24) is 0 Å². The molecule has 0 aliphatic carbocycles. The van der Waals surface area contributed by atoms with E-state index in [1.807, 2.05) is 0 Å². The lowest BCUT2D eigenvalue weighted by molar-refractivity contribution is -0.372. The third-order valence-electron chi connectivity index (χ3n) is 4.85. The fraction of sp³-hybridized carbons (Fsp3) is 0.647. The Labute approximate surface area is 122 Å². The SMILES string of the molecule is CC[C@]1(C)C[C@](CC[NH3+])(c2ccc(OC)cc2)CCO1. The van der Waals surface area contributed by atoms with Crippen LogP contribution in [0, 0.1) is 0 Å². The molecule has 1 heterocycles. The molecule has 0 radical (unpaired) electrons. The molecular formula is C17H28NO2+. The van der Waals surface area contributed by atoms with Gasteiger partial charge >= 0.3 is 0 Å². The molecule has 1 aromatic rings. The van der Waals surface area contributed by atoms with E-state index >= 15 is 0 Å². The Bertz CT molecular complexity index is 427. The Kier molecular flexibility index (Phi) is 4.71. The predicted octanol–water partition coefficient (Wildman–Crippen LogP) is 2.54. The lowest BCUT2D eigenvalue weighted by Crippen LogP contribution is -2.55. The Morgan fingerprint density at radius 2 is 2.00 bits per heavy atom. The molecule has 3 heteroatoms. The summed E-state index contributed by atoms with van der Waals surface area (Å²) in [4.78, 5) is 0. The molecule has 1 aliphatic rings. The maximum Gasteiger partial charge on any atom is 0.118 e. The highest BCUT2D eigenvalue weighted by atomic mass is 16.5. The molecule has 0 aromatic heterocycles. The Morgan fingerprint density at radius 3 is 2.55 bits per heavy atom. The van der Waals surface area contributed by atoms with E-state index in [0.29, 0.717) is 0 Å². The van der Waals surface area contributed by atoms with Gasteiger partial charge in [0.2, 0.25) is 0 Å². The van der Waals surface area contributed by atoms with Crippen LogP contribution in [0.4, 0.5) is 0 Å². The van der Waals surface area contributed by atoms with Crippen molar-refractivity contribution < 1.29 is 15.2 Å². The molecule has 0 saturated carbocycles. The highest BCUT2D eigenvalue weighted by molar-refractivity contribution is 5.33. The quantitative estimate of drug-likeness (QED) is 0.899. The van der Waals surface area contributed by atoms with Gasteiger partial charge in [-0.25, -0.2) is 0 Å². The maximum atomic E-state index is 6.04. The number of ether oxygens (including phenoxy) is 2. The second kappa shape index (κ2) is 6.15. The molecule has 2 atom stereocenters. The van der Waals surface area contributed by atoms with E-state index in [1.165, 1.54) is 5.56 Å². The van der Waals surface area contributed by atoms with Gasteiger partial charge in [-0.1, -0.05) is 19.1 Å². The molecule has 0 bridgehead atoms. The largest absolute Gasteiger partial charge is 0.497 e. The molecule has 1 aliphatic heterocycles. The first-order valence-corrected chi connectivity index (χ1v) is 7.65. The molecule has 112 valence electrons. The number of methoxy groups -OCH3 is 1. The van der Waals surface area contributed by atoms with Crippen molar-refractivity contribution in [1.29, 1.82) is 0 Å². The van der Waals surface area contributed by atoms with Crippen LogP contribution in [-0.2, 0) is 10.2 Å². The van der Waals surface area contributed by atoms with Gasteiger partial charge in [-0.05, 0) is 43.9 Å². The van der Waals surface area contributed by atoms with Crippen molar-refractivity contribution in [2.75, 3.05) is 20.3 Å². The molecule has 1 fully saturated rings. The van der Waals surface area contributed by atoms with Crippen molar-refractivity contribution in [2.24, 2.45) is 0 Å². The monoisotopic (exact) mass is 278 g/mol. The van der Waals surface area contributed by atoms with E-state index < -0.39 is 0 Å². The summed E-state index contributed by atoms with van der Waals surface area (Å²) in [5.41, 5.74) is 5.70. The minimum atomic E-state index is -0.00660. The first-order valence-electron chi connectivity index (χ1n) is 7.65. The van der Waals surface area contributed by atoms with Gasteiger partial charge in [-0.3, -0.25) is 0 Å². The van der Waals surface area contributed by atoms with Gasteiger partial charge < -0.3 is 15.2 Å². The summed E-state index contributed by atoms with van der Waals surface area (Å²) in [5, 5.41) is 0. The average Bonchev–Trinajstić information content (AvgIpc) is 2.48. The van der Waals surface area contributed by atoms with Crippen LogP contribution in [-0.4, -0.2) is 25.9 Å². The van der Waals surface area contributed by atoms with Crippen LogP contribution in [0.3, 0.4) is 0 Å². The summed E-state index contributed by atoms with van der Waals surface area (Å²) in [6.45, 7) is 6.27. The Balaban J connectivity index is 2.32. The summed E-state index contributed by atoms with van der Waals surface area (Å²) >= 11 is 0. The minimum Gasteiger partial charge on any atom is -0.497 e. The van der Waals surface area contributed by atoms with Crippen molar-refractivity contribution in [3.8, 4) is 5.75 Å². The standard InChI is InChI=1S/C17H27NO2/c1-4-16(2)13-17(9-11-18,10-12-20-16)14-5-7-15(19-3)8-6-14/h5-8H,4,9-13,18H2,1-3H3/p+1/t16-,17-/m1/s1. The van der Waals surface area contributed by atoms with Crippen molar-refractivity contribution in [3.63, 3.8) is 0 Å². The average molecular weight is 278 g/mol. The van der Waals surface area contributed by atoms with Crippen LogP contribution in [0.25, 0.3) is 0 Å². The van der Waals surface area contributed by atoms with Crippen LogP contribution in [0.15, 0.2) is 24.3 Å². The van der Waals surface area contributed by atoms with Gasteiger partial charge in [0.05, 0.1) is 19.3 Å². The number of rotatable bonds is 5. The van der Waals surface area contributed by atoms with Crippen LogP contribution in [0.1, 0.15) is 45.1 Å². The number of quaternary nitrogens is 1. The summed E-state index contributed by atoms with van der Waals surface area (Å²) in [6, 6.07) is 8.57. The third-order valence-corrected chi connectivity index (χ3v) is 4.85. The van der Waals surface area contributed by atoms with Crippen LogP contribution < -0.4 is 10.5 Å². The van der Waals surface area contributed by atoms with Crippen molar-refractivity contribution >= 4 is 0 Å². The molecule has 0 spiro atoms. The van der Waals surface area contributed by atoms with Gasteiger partial charge in [0.1, 0.15) is 5.75 Å². The summed E-state index contributed by atoms with van der Waals surface area (Å²) in [5.74, 6) is 0.920. The predicted molar refractivity (Wildman–Crippen MR) is 80.9 cm³/mol. The molecule has 20 heavy (non-hydrogen) atoms. The van der Waals surface area contributed by atoms with Crippen molar-refractivity contribution in [2.45, 2.75) is 50.5 Å². The zero-order chi connectivity index (χ0) is 14.6. The second-order valence-electron chi connectivity index (χ2n) is 6.19. The van der Waals surface area contributed by atoms with E-state index in [2.05, 4.69) is 43.8 Å². The number of hydrogen-bond donors (Lipinski definition) is 1. The molecule has 2 rings (SSSR count). The van der Waals surface area contributed by atoms with Crippen molar-refractivity contribution in [3.05, 3.63) is 29.8 Å².